The molecule has 4 unspecified atom stereocenters. The third-order valence-electron chi connectivity index (χ3n) is 5.99. The quantitative estimate of drug-likeness (QED) is 0.623. The van der Waals surface area contributed by atoms with Crippen molar-refractivity contribution in [1.29, 1.82) is 0 Å². The van der Waals surface area contributed by atoms with E-state index in [2.05, 4.69) is 5.32 Å². The smallest absolute Gasteiger partial charge is 0.326 e. The molecule has 1 aliphatic carbocycles. The molecule has 0 bridgehead atoms. The third kappa shape index (κ3) is 2.79. The van der Waals surface area contributed by atoms with Gasteiger partial charge in [0.25, 0.3) is 0 Å². The topological polar surface area (TPSA) is 75.7 Å². The fourth-order valence-corrected chi connectivity index (χ4v) is 4.66. The monoisotopic (exact) mass is 380 g/mol. The second kappa shape index (κ2) is 7.02. The second-order valence-electron chi connectivity index (χ2n) is 7.69. The first kappa shape index (κ1) is 18.6. The fraction of sp³-hybridized carbons (Fsp3) is 0.409. The Morgan fingerprint density at radius 2 is 1.82 bits per heavy atom. The molecule has 1 aromatic carbocycles. The SMILES string of the molecule is CCOC(=O)C1(C)NC(C2C=CC=C2)C2C(=O)N(Cc3ccccc3)C(=O)C21. The predicted octanol–water partition coefficient (Wildman–Crippen LogP) is 1.82. The molecule has 2 fully saturated rings. The number of rotatable bonds is 5. The van der Waals surface area contributed by atoms with Crippen LogP contribution in [0.4, 0.5) is 0 Å². The number of benzene rings is 1. The maximum atomic E-state index is 13.3. The van der Waals surface area contributed by atoms with E-state index >= 15 is 0 Å². The lowest BCUT2D eigenvalue weighted by Crippen LogP contribution is -2.55. The molecule has 4 rings (SSSR count). The van der Waals surface area contributed by atoms with Crippen LogP contribution < -0.4 is 5.32 Å². The molecule has 4 atom stereocenters. The molecule has 0 aromatic heterocycles. The first-order valence-corrected chi connectivity index (χ1v) is 9.66. The summed E-state index contributed by atoms with van der Waals surface area (Å²) >= 11 is 0. The van der Waals surface area contributed by atoms with Crippen molar-refractivity contribution in [2.24, 2.45) is 17.8 Å². The van der Waals surface area contributed by atoms with E-state index < -0.39 is 23.3 Å². The van der Waals surface area contributed by atoms with E-state index in [0.717, 1.165) is 5.56 Å². The molecule has 0 saturated carbocycles. The lowest BCUT2D eigenvalue weighted by Gasteiger charge is -2.30. The Hall–Kier alpha value is -2.73. The van der Waals surface area contributed by atoms with E-state index in [0.29, 0.717) is 0 Å². The molecule has 2 amide bonds. The lowest BCUT2D eigenvalue weighted by atomic mass is 9.79. The van der Waals surface area contributed by atoms with Crippen molar-refractivity contribution in [3.8, 4) is 0 Å². The Labute approximate surface area is 164 Å². The van der Waals surface area contributed by atoms with E-state index in [-0.39, 0.29) is 36.9 Å². The Morgan fingerprint density at radius 1 is 1.14 bits per heavy atom. The zero-order valence-corrected chi connectivity index (χ0v) is 16.0. The largest absolute Gasteiger partial charge is 0.465 e. The van der Waals surface area contributed by atoms with Crippen LogP contribution in [0.25, 0.3) is 0 Å². The number of hydrogen-bond acceptors (Lipinski definition) is 5. The van der Waals surface area contributed by atoms with E-state index in [1.165, 1.54) is 4.90 Å². The maximum absolute atomic E-state index is 13.3. The summed E-state index contributed by atoms with van der Waals surface area (Å²) in [5, 5.41) is 3.30. The van der Waals surface area contributed by atoms with Gasteiger partial charge in [0.05, 0.1) is 25.0 Å². The first-order chi connectivity index (χ1) is 13.5. The van der Waals surface area contributed by atoms with E-state index in [4.69, 9.17) is 4.74 Å². The van der Waals surface area contributed by atoms with Crippen LogP contribution in [0.2, 0.25) is 0 Å². The number of imide groups is 1. The van der Waals surface area contributed by atoms with Gasteiger partial charge in [-0.1, -0.05) is 54.6 Å². The Kier molecular flexibility index (Phi) is 4.67. The molecule has 1 N–H and O–H groups in total. The van der Waals surface area contributed by atoms with Crippen molar-refractivity contribution >= 4 is 17.8 Å². The van der Waals surface area contributed by atoms with Crippen molar-refractivity contribution < 1.29 is 19.1 Å². The fourth-order valence-electron chi connectivity index (χ4n) is 4.66. The Morgan fingerprint density at radius 3 is 2.46 bits per heavy atom. The molecule has 6 nitrogen and oxygen atoms in total. The number of likely N-dealkylation sites (tertiary alicyclic amines) is 1. The number of esters is 1. The molecule has 2 saturated heterocycles. The van der Waals surface area contributed by atoms with Crippen molar-refractivity contribution in [2.45, 2.75) is 32.0 Å². The lowest BCUT2D eigenvalue weighted by molar-refractivity contribution is -0.155. The number of fused-ring (bicyclic) bond motifs is 1. The summed E-state index contributed by atoms with van der Waals surface area (Å²) in [5.74, 6) is -2.43. The first-order valence-electron chi connectivity index (χ1n) is 9.66. The van der Waals surface area contributed by atoms with Crippen LogP contribution in [-0.2, 0) is 25.7 Å². The molecule has 1 aromatic rings. The van der Waals surface area contributed by atoms with Gasteiger partial charge in [-0.3, -0.25) is 24.6 Å². The van der Waals surface area contributed by atoms with E-state index in [9.17, 15) is 14.4 Å². The number of nitrogens with one attached hydrogen (secondary N) is 1. The van der Waals surface area contributed by atoms with Gasteiger partial charge >= 0.3 is 5.97 Å². The summed E-state index contributed by atoms with van der Waals surface area (Å²) in [4.78, 5) is 40.7. The molecule has 28 heavy (non-hydrogen) atoms. The highest BCUT2D eigenvalue weighted by Gasteiger charge is 2.67. The molecule has 2 aliphatic heterocycles. The van der Waals surface area contributed by atoms with Crippen LogP contribution in [0.15, 0.2) is 54.6 Å². The highest BCUT2D eigenvalue weighted by Crippen LogP contribution is 2.46. The zero-order chi connectivity index (χ0) is 19.9. The average molecular weight is 380 g/mol. The Balaban J connectivity index is 1.70. The minimum atomic E-state index is -1.23. The van der Waals surface area contributed by atoms with Gasteiger partial charge in [0, 0.05) is 12.0 Å². The van der Waals surface area contributed by atoms with Gasteiger partial charge in [0.15, 0.2) is 0 Å². The highest BCUT2D eigenvalue weighted by atomic mass is 16.5. The number of allylic oxidation sites excluding steroid dienone is 2. The minimum Gasteiger partial charge on any atom is -0.465 e. The van der Waals surface area contributed by atoms with Gasteiger partial charge in [-0.05, 0) is 19.4 Å². The zero-order valence-electron chi connectivity index (χ0n) is 16.0. The molecular formula is C22H24N2O4. The van der Waals surface area contributed by atoms with E-state index in [1.54, 1.807) is 13.8 Å². The third-order valence-corrected chi connectivity index (χ3v) is 5.99. The molecule has 0 spiro atoms. The molecule has 146 valence electrons. The molecule has 3 aliphatic rings. The standard InChI is InChI=1S/C22H24N2O4/c1-3-28-21(27)22(2)17-16(18(23-22)15-11-7-8-12-15)19(25)24(20(17)26)13-14-9-5-4-6-10-14/h4-12,15-18,23H,3,13H2,1-2H3. The van der Waals surface area contributed by atoms with Crippen molar-refractivity contribution in [2.75, 3.05) is 6.61 Å². The maximum Gasteiger partial charge on any atom is 0.326 e. The van der Waals surface area contributed by atoms with Crippen LogP contribution in [0.3, 0.4) is 0 Å². The van der Waals surface area contributed by atoms with Crippen molar-refractivity contribution in [1.82, 2.24) is 10.2 Å². The normalized spacial score (nSPS) is 31.6. The van der Waals surface area contributed by atoms with Crippen LogP contribution >= 0.6 is 0 Å². The van der Waals surface area contributed by atoms with Crippen LogP contribution in [-0.4, -0.2) is 40.9 Å². The van der Waals surface area contributed by atoms with Gasteiger partial charge in [-0.25, -0.2) is 0 Å². The van der Waals surface area contributed by atoms with Crippen LogP contribution in [0.1, 0.15) is 19.4 Å². The van der Waals surface area contributed by atoms with Crippen molar-refractivity contribution in [3.05, 3.63) is 60.2 Å². The van der Waals surface area contributed by atoms with Crippen LogP contribution in [0, 0.1) is 17.8 Å². The number of carbonyl (C=O) groups excluding carboxylic acids is 3. The predicted molar refractivity (Wildman–Crippen MR) is 103 cm³/mol. The minimum absolute atomic E-state index is 0.0443. The summed E-state index contributed by atoms with van der Waals surface area (Å²) in [7, 11) is 0. The summed E-state index contributed by atoms with van der Waals surface area (Å²) in [5.41, 5.74) is -0.347. The second-order valence-corrected chi connectivity index (χ2v) is 7.69. The van der Waals surface area contributed by atoms with Crippen LogP contribution in [0.5, 0.6) is 0 Å². The summed E-state index contributed by atoms with van der Waals surface area (Å²) in [6.45, 7) is 3.85. The number of hydrogen-bond donors (Lipinski definition) is 1. The number of nitrogens with zero attached hydrogens (tertiary/aromatic N) is 1. The molecule has 6 heteroatoms. The highest BCUT2D eigenvalue weighted by molar-refractivity contribution is 6.09. The van der Waals surface area contributed by atoms with Gasteiger partial charge in [0.1, 0.15) is 5.54 Å². The Bertz CT molecular complexity index is 851. The van der Waals surface area contributed by atoms with E-state index in [1.807, 2.05) is 54.6 Å². The number of ether oxygens (including phenoxy) is 1. The average Bonchev–Trinajstić information content (AvgIpc) is 3.37. The number of carbonyl (C=O) groups is 3. The molecule has 2 heterocycles. The number of amides is 2. The molecule has 0 radical (unpaired) electrons. The van der Waals surface area contributed by atoms with Gasteiger partial charge in [-0.2, -0.15) is 0 Å². The molecular weight excluding hydrogens is 356 g/mol. The summed E-state index contributed by atoms with van der Waals surface area (Å²) in [6.07, 6.45) is 7.82. The summed E-state index contributed by atoms with van der Waals surface area (Å²) in [6, 6.07) is 9.09. The van der Waals surface area contributed by atoms with Gasteiger partial charge in [0.2, 0.25) is 11.8 Å². The van der Waals surface area contributed by atoms with Crippen molar-refractivity contribution in [3.63, 3.8) is 0 Å². The van der Waals surface area contributed by atoms with Gasteiger partial charge in [-0.15, -0.1) is 0 Å². The van der Waals surface area contributed by atoms with Gasteiger partial charge < -0.3 is 4.74 Å². The summed E-state index contributed by atoms with van der Waals surface area (Å²) < 4.78 is 5.27.